The number of nitrogens with one attached hydrogen (secondary N) is 2. The number of aromatic amines is 1. The van der Waals surface area contributed by atoms with Crippen LogP contribution in [0, 0.1) is 0 Å². The maximum Gasteiger partial charge on any atom is 0.129 e. The van der Waals surface area contributed by atoms with Gasteiger partial charge in [0.25, 0.3) is 0 Å². The zero-order valence-corrected chi connectivity index (χ0v) is 10.7. The number of nitrogens with zero attached hydrogens (tertiary/aromatic N) is 3. The van der Waals surface area contributed by atoms with Crippen LogP contribution >= 0.6 is 0 Å². The molecule has 0 bridgehead atoms. The van der Waals surface area contributed by atoms with Crippen LogP contribution in [0.4, 0.5) is 5.82 Å². The van der Waals surface area contributed by atoms with E-state index in [9.17, 15) is 0 Å². The molecule has 0 unspecified atom stereocenters. The zero-order chi connectivity index (χ0) is 13.1. The molecule has 0 spiro atoms. The first-order valence-electron chi connectivity index (χ1n) is 6.61. The smallest absolute Gasteiger partial charge is 0.129 e. The molecule has 2 aromatic rings. The fourth-order valence-electron chi connectivity index (χ4n) is 2.34. The molecule has 1 aliphatic rings. The minimum absolute atomic E-state index is 0.344. The van der Waals surface area contributed by atoms with Gasteiger partial charge in [0, 0.05) is 48.6 Å². The summed E-state index contributed by atoms with van der Waals surface area (Å²) >= 11 is 0. The SMILES string of the molecule is NC1CC(c2cc(NCCc3ccn[nH]3)ncn2)C1. The van der Waals surface area contributed by atoms with Crippen LogP contribution in [0.1, 0.15) is 30.1 Å². The third-order valence-electron chi connectivity index (χ3n) is 3.54. The summed E-state index contributed by atoms with van der Waals surface area (Å²) in [6.07, 6.45) is 6.35. The summed E-state index contributed by atoms with van der Waals surface area (Å²) in [4.78, 5) is 8.57. The Morgan fingerprint density at radius 1 is 1.37 bits per heavy atom. The van der Waals surface area contributed by atoms with E-state index in [0.29, 0.717) is 12.0 Å². The van der Waals surface area contributed by atoms with Crippen LogP contribution < -0.4 is 11.1 Å². The number of aromatic nitrogens is 4. The molecule has 1 aliphatic carbocycles. The first kappa shape index (κ1) is 12.1. The lowest BCUT2D eigenvalue weighted by Gasteiger charge is -2.31. The second-order valence-corrected chi connectivity index (χ2v) is 5.02. The Morgan fingerprint density at radius 3 is 3.00 bits per heavy atom. The highest BCUT2D eigenvalue weighted by Gasteiger charge is 2.28. The average molecular weight is 258 g/mol. The van der Waals surface area contributed by atoms with E-state index in [4.69, 9.17) is 5.73 Å². The van der Waals surface area contributed by atoms with E-state index in [-0.39, 0.29) is 0 Å². The Kier molecular flexibility index (Phi) is 3.41. The molecular formula is C13H18N6. The van der Waals surface area contributed by atoms with Crippen molar-refractivity contribution in [3.63, 3.8) is 0 Å². The maximum atomic E-state index is 5.81. The van der Waals surface area contributed by atoms with Crippen molar-refractivity contribution in [2.75, 3.05) is 11.9 Å². The second kappa shape index (κ2) is 5.36. The van der Waals surface area contributed by atoms with Gasteiger partial charge in [-0.3, -0.25) is 5.10 Å². The normalized spacial score (nSPS) is 21.9. The molecule has 2 heterocycles. The van der Waals surface area contributed by atoms with Crippen molar-refractivity contribution in [2.24, 2.45) is 5.73 Å². The minimum Gasteiger partial charge on any atom is -0.370 e. The predicted molar refractivity (Wildman–Crippen MR) is 72.8 cm³/mol. The molecule has 1 fully saturated rings. The van der Waals surface area contributed by atoms with Crippen molar-refractivity contribution in [1.82, 2.24) is 20.2 Å². The summed E-state index contributed by atoms with van der Waals surface area (Å²) in [5.41, 5.74) is 8.03. The van der Waals surface area contributed by atoms with Gasteiger partial charge < -0.3 is 11.1 Å². The molecule has 0 atom stereocenters. The van der Waals surface area contributed by atoms with E-state index < -0.39 is 0 Å². The highest BCUT2D eigenvalue weighted by atomic mass is 15.1. The minimum atomic E-state index is 0.344. The highest BCUT2D eigenvalue weighted by molar-refractivity contribution is 5.36. The number of hydrogen-bond acceptors (Lipinski definition) is 5. The van der Waals surface area contributed by atoms with Crippen LogP contribution in [0.2, 0.25) is 0 Å². The Balaban J connectivity index is 1.54. The van der Waals surface area contributed by atoms with Gasteiger partial charge in [-0.25, -0.2) is 9.97 Å². The topological polar surface area (TPSA) is 92.5 Å². The number of nitrogens with two attached hydrogens (primary N) is 1. The van der Waals surface area contributed by atoms with Gasteiger partial charge in [-0.15, -0.1) is 0 Å². The molecule has 0 aliphatic heterocycles. The van der Waals surface area contributed by atoms with Crippen LogP contribution in [0.15, 0.2) is 24.7 Å². The van der Waals surface area contributed by atoms with E-state index >= 15 is 0 Å². The molecule has 100 valence electrons. The summed E-state index contributed by atoms with van der Waals surface area (Å²) in [6.45, 7) is 0.822. The van der Waals surface area contributed by atoms with E-state index in [1.165, 1.54) is 0 Å². The number of hydrogen-bond donors (Lipinski definition) is 3. The number of H-pyrrole nitrogens is 1. The third-order valence-corrected chi connectivity index (χ3v) is 3.54. The molecule has 0 aromatic carbocycles. The monoisotopic (exact) mass is 258 g/mol. The molecular weight excluding hydrogens is 240 g/mol. The van der Waals surface area contributed by atoms with Crippen LogP contribution in [0.25, 0.3) is 0 Å². The van der Waals surface area contributed by atoms with Crippen molar-refractivity contribution >= 4 is 5.82 Å². The first-order valence-corrected chi connectivity index (χ1v) is 6.61. The lowest BCUT2D eigenvalue weighted by atomic mass is 9.79. The molecule has 1 saturated carbocycles. The van der Waals surface area contributed by atoms with Crippen LogP contribution in [0.3, 0.4) is 0 Å². The van der Waals surface area contributed by atoms with Crippen molar-refractivity contribution in [2.45, 2.75) is 31.2 Å². The highest BCUT2D eigenvalue weighted by Crippen LogP contribution is 2.34. The second-order valence-electron chi connectivity index (χ2n) is 5.02. The van der Waals surface area contributed by atoms with Gasteiger partial charge in [0.15, 0.2) is 0 Å². The van der Waals surface area contributed by atoms with Gasteiger partial charge in [0.05, 0.1) is 0 Å². The standard InChI is InChI=1S/C13H18N6/c14-10-5-9(6-10)12-7-13(17-8-16-12)15-3-1-11-2-4-18-19-11/h2,4,7-10H,1,3,5-6,14H2,(H,18,19)(H,15,16,17). The fraction of sp³-hybridized carbons (Fsp3) is 0.462. The molecule has 4 N–H and O–H groups in total. The van der Waals surface area contributed by atoms with Crippen molar-refractivity contribution in [3.05, 3.63) is 36.0 Å². The van der Waals surface area contributed by atoms with Crippen LogP contribution in [-0.4, -0.2) is 32.8 Å². The Bertz CT molecular complexity index is 518. The number of rotatable bonds is 5. The molecule has 6 nitrogen and oxygen atoms in total. The fourth-order valence-corrected chi connectivity index (χ4v) is 2.34. The molecule has 6 heteroatoms. The van der Waals surface area contributed by atoms with Crippen LogP contribution in [0.5, 0.6) is 0 Å². The summed E-state index contributed by atoms with van der Waals surface area (Å²) < 4.78 is 0. The van der Waals surface area contributed by atoms with Gasteiger partial charge in [0.2, 0.25) is 0 Å². The molecule has 0 amide bonds. The Hall–Kier alpha value is -1.95. The van der Waals surface area contributed by atoms with E-state index in [1.54, 1.807) is 12.5 Å². The molecule has 3 rings (SSSR count). The third kappa shape index (κ3) is 2.90. The van der Waals surface area contributed by atoms with Gasteiger partial charge >= 0.3 is 0 Å². The van der Waals surface area contributed by atoms with Gasteiger partial charge in [0.1, 0.15) is 12.1 Å². The summed E-state index contributed by atoms with van der Waals surface area (Å²) in [7, 11) is 0. The van der Waals surface area contributed by atoms with E-state index in [2.05, 4.69) is 25.5 Å². The number of anilines is 1. The van der Waals surface area contributed by atoms with Crippen LogP contribution in [-0.2, 0) is 6.42 Å². The zero-order valence-electron chi connectivity index (χ0n) is 10.7. The molecule has 0 radical (unpaired) electrons. The Labute approximate surface area is 111 Å². The van der Waals surface area contributed by atoms with Crippen molar-refractivity contribution in [3.8, 4) is 0 Å². The summed E-state index contributed by atoms with van der Waals surface area (Å²) in [5.74, 6) is 1.39. The quantitative estimate of drug-likeness (QED) is 0.745. The molecule has 2 aromatic heterocycles. The van der Waals surface area contributed by atoms with Gasteiger partial charge in [-0.1, -0.05) is 0 Å². The lowest BCUT2D eigenvalue weighted by molar-refractivity contribution is 0.345. The predicted octanol–water partition coefficient (Wildman–Crippen LogP) is 1.06. The largest absolute Gasteiger partial charge is 0.370 e. The van der Waals surface area contributed by atoms with Gasteiger partial charge in [-0.05, 0) is 18.9 Å². The van der Waals surface area contributed by atoms with E-state index in [0.717, 1.165) is 43.0 Å². The van der Waals surface area contributed by atoms with Crippen molar-refractivity contribution < 1.29 is 0 Å². The van der Waals surface area contributed by atoms with Gasteiger partial charge in [-0.2, -0.15) is 5.10 Å². The van der Waals surface area contributed by atoms with E-state index in [1.807, 2.05) is 12.1 Å². The average Bonchev–Trinajstić information content (AvgIpc) is 2.89. The summed E-state index contributed by atoms with van der Waals surface area (Å²) in [6, 6.07) is 4.35. The Morgan fingerprint density at radius 2 is 2.26 bits per heavy atom. The summed E-state index contributed by atoms with van der Waals surface area (Å²) in [5, 5.41) is 10.2. The first-order chi connectivity index (χ1) is 9.31. The lowest BCUT2D eigenvalue weighted by Crippen LogP contribution is -2.35. The van der Waals surface area contributed by atoms with Crippen molar-refractivity contribution in [1.29, 1.82) is 0 Å². The molecule has 19 heavy (non-hydrogen) atoms. The molecule has 0 saturated heterocycles. The maximum absolute atomic E-state index is 5.81.